The van der Waals surface area contributed by atoms with Gasteiger partial charge in [-0.15, -0.1) is 0 Å². The molecule has 140 valence electrons. The molecule has 0 saturated heterocycles. The molecule has 0 radical (unpaired) electrons. The van der Waals surface area contributed by atoms with Crippen molar-refractivity contribution >= 4 is 28.4 Å². The highest BCUT2D eigenvalue weighted by Gasteiger charge is 2.22. The van der Waals surface area contributed by atoms with Gasteiger partial charge in [0.2, 0.25) is 0 Å². The van der Waals surface area contributed by atoms with Crippen LogP contribution in [-0.4, -0.2) is 17.4 Å². The van der Waals surface area contributed by atoms with E-state index >= 15 is 0 Å². The number of benzene rings is 3. The molecule has 28 heavy (non-hydrogen) atoms. The number of nitrogens with one attached hydrogen (secondary N) is 2. The first-order valence-electron chi connectivity index (χ1n) is 8.98. The van der Waals surface area contributed by atoms with Gasteiger partial charge in [-0.1, -0.05) is 60.1 Å². The van der Waals surface area contributed by atoms with Crippen molar-refractivity contribution in [2.45, 2.75) is 5.92 Å². The normalized spacial score (nSPS) is 12.1. The fourth-order valence-electron chi connectivity index (χ4n) is 3.46. The molecule has 1 unspecified atom stereocenters. The van der Waals surface area contributed by atoms with Crippen LogP contribution >= 0.6 is 11.6 Å². The van der Waals surface area contributed by atoms with Crippen LogP contribution in [0.2, 0.25) is 5.02 Å². The molecule has 1 amide bonds. The van der Waals surface area contributed by atoms with Crippen molar-refractivity contribution in [2.75, 3.05) is 6.54 Å². The van der Waals surface area contributed by atoms with E-state index in [1.54, 1.807) is 12.1 Å². The van der Waals surface area contributed by atoms with Gasteiger partial charge in [0.15, 0.2) is 0 Å². The lowest BCUT2D eigenvalue weighted by Gasteiger charge is -2.19. The van der Waals surface area contributed by atoms with E-state index in [9.17, 15) is 9.18 Å². The SMILES string of the molecule is O=C(NCC(c1ccccc1Cl)c1c[nH]c2ccccc12)c1ccccc1F. The Morgan fingerprint density at radius 1 is 0.964 bits per heavy atom. The summed E-state index contributed by atoms with van der Waals surface area (Å²) >= 11 is 6.46. The number of hydrogen-bond donors (Lipinski definition) is 2. The standard InChI is InChI=1S/C23H18ClFN2O/c24-20-10-4-1-7-15(20)18(19-13-26-22-12-6-3-8-16(19)22)14-27-23(28)17-9-2-5-11-21(17)25/h1-13,18,26H,14H2,(H,27,28). The van der Waals surface area contributed by atoms with Gasteiger partial charge in [-0.2, -0.15) is 0 Å². The van der Waals surface area contributed by atoms with Gasteiger partial charge in [-0.3, -0.25) is 4.79 Å². The highest BCUT2D eigenvalue weighted by atomic mass is 35.5. The van der Waals surface area contributed by atoms with Gasteiger partial charge in [0.25, 0.3) is 5.91 Å². The molecule has 0 aliphatic heterocycles. The maximum atomic E-state index is 13.9. The fraction of sp³-hybridized carbons (Fsp3) is 0.0870. The number of aromatic amines is 1. The quantitative estimate of drug-likeness (QED) is 0.461. The van der Waals surface area contributed by atoms with Crippen molar-refractivity contribution in [1.82, 2.24) is 10.3 Å². The summed E-state index contributed by atoms with van der Waals surface area (Å²) in [6.07, 6.45) is 1.94. The van der Waals surface area contributed by atoms with Crippen LogP contribution in [0.3, 0.4) is 0 Å². The van der Waals surface area contributed by atoms with Crippen LogP contribution in [0.5, 0.6) is 0 Å². The van der Waals surface area contributed by atoms with E-state index in [0.29, 0.717) is 11.6 Å². The minimum absolute atomic E-state index is 0.0272. The Labute approximate surface area is 167 Å². The topological polar surface area (TPSA) is 44.9 Å². The van der Waals surface area contributed by atoms with Gasteiger partial charge in [0.1, 0.15) is 5.82 Å². The van der Waals surface area contributed by atoms with Crippen LogP contribution in [0, 0.1) is 5.82 Å². The highest BCUT2D eigenvalue weighted by molar-refractivity contribution is 6.31. The van der Waals surface area contributed by atoms with E-state index in [0.717, 1.165) is 22.0 Å². The predicted octanol–water partition coefficient (Wildman–Crippen LogP) is 5.52. The van der Waals surface area contributed by atoms with Gasteiger partial charge >= 0.3 is 0 Å². The minimum Gasteiger partial charge on any atom is -0.361 e. The van der Waals surface area contributed by atoms with E-state index in [4.69, 9.17) is 11.6 Å². The molecule has 0 saturated carbocycles. The summed E-state index contributed by atoms with van der Waals surface area (Å²) in [7, 11) is 0. The Balaban J connectivity index is 1.69. The summed E-state index contributed by atoms with van der Waals surface area (Å²) < 4.78 is 13.9. The van der Waals surface area contributed by atoms with Crippen LogP contribution in [0.15, 0.2) is 79.0 Å². The number of halogens is 2. The van der Waals surface area contributed by atoms with E-state index in [1.807, 2.05) is 54.7 Å². The number of hydrogen-bond acceptors (Lipinski definition) is 1. The Kier molecular flexibility index (Phi) is 5.13. The Morgan fingerprint density at radius 3 is 2.50 bits per heavy atom. The number of fused-ring (bicyclic) bond motifs is 1. The van der Waals surface area contributed by atoms with Crippen LogP contribution in [0.25, 0.3) is 10.9 Å². The highest BCUT2D eigenvalue weighted by Crippen LogP contribution is 2.34. The molecule has 5 heteroatoms. The summed E-state index contributed by atoms with van der Waals surface area (Å²) in [6.45, 7) is 0.290. The molecule has 1 aromatic heterocycles. The third-order valence-corrected chi connectivity index (χ3v) is 5.21. The first kappa shape index (κ1) is 18.3. The second-order valence-electron chi connectivity index (χ2n) is 6.55. The first-order chi connectivity index (χ1) is 13.6. The van der Waals surface area contributed by atoms with Crippen molar-refractivity contribution in [3.05, 3.63) is 107 Å². The lowest BCUT2D eigenvalue weighted by molar-refractivity contribution is 0.0948. The zero-order valence-electron chi connectivity index (χ0n) is 15.0. The van der Waals surface area contributed by atoms with Crippen LogP contribution in [0.4, 0.5) is 4.39 Å². The van der Waals surface area contributed by atoms with Crippen LogP contribution in [-0.2, 0) is 0 Å². The Hall–Kier alpha value is -3.11. The van der Waals surface area contributed by atoms with Gasteiger partial charge in [0.05, 0.1) is 5.56 Å². The summed E-state index contributed by atoms with van der Waals surface area (Å²) in [6, 6.07) is 21.5. The van der Waals surface area contributed by atoms with Gasteiger partial charge < -0.3 is 10.3 Å². The molecule has 2 N–H and O–H groups in total. The summed E-state index contributed by atoms with van der Waals surface area (Å²) in [5, 5.41) is 4.55. The molecular formula is C23H18ClFN2O. The number of H-pyrrole nitrogens is 1. The molecule has 3 nitrogen and oxygen atoms in total. The molecule has 4 aromatic rings. The van der Waals surface area contributed by atoms with Gasteiger partial charge in [-0.25, -0.2) is 4.39 Å². The number of carbonyl (C=O) groups excluding carboxylic acids is 1. The number of amides is 1. The average Bonchev–Trinajstić information content (AvgIpc) is 3.14. The van der Waals surface area contributed by atoms with E-state index in [1.165, 1.54) is 12.1 Å². The average molecular weight is 393 g/mol. The molecule has 0 aliphatic rings. The van der Waals surface area contributed by atoms with Crippen molar-refractivity contribution in [1.29, 1.82) is 0 Å². The lowest BCUT2D eigenvalue weighted by atomic mass is 9.90. The maximum absolute atomic E-state index is 13.9. The summed E-state index contributed by atoms with van der Waals surface area (Å²) in [4.78, 5) is 15.8. The molecule has 1 heterocycles. The third-order valence-electron chi connectivity index (χ3n) is 4.86. The number of carbonyl (C=O) groups is 1. The summed E-state index contributed by atoms with van der Waals surface area (Å²) in [5.74, 6) is -1.17. The maximum Gasteiger partial charge on any atom is 0.254 e. The first-order valence-corrected chi connectivity index (χ1v) is 9.36. The number of para-hydroxylation sites is 1. The minimum atomic E-state index is -0.540. The molecule has 0 aliphatic carbocycles. The van der Waals surface area contributed by atoms with E-state index < -0.39 is 11.7 Å². The molecular weight excluding hydrogens is 375 g/mol. The number of rotatable bonds is 5. The second kappa shape index (κ2) is 7.87. The van der Waals surface area contributed by atoms with Gasteiger partial charge in [-0.05, 0) is 35.4 Å². The van der Waals surface area contributed by atoms with Crippen molar-refractivity contribution in [2.24, 2.45) is 0 Å². The third kappa shape index (κ3) is 3.51. The molecule has 0 spiro atoms. The van der Waals surface area contributed by atoms with Crippen molar-refractivity contribution in [3.8, 4) is 0 Å². The smallest absolute Gasteiger partial charge is 0.254 e. The Bertz CT molecular complexity index is 1140. The summed E-state index contributed by atoms with van der Waals surface area (Å²) in [5.41, 5.74) is 2.97. The molecule has 0 bridgehead atoms. The largest absolute Gasteiger partial charge is 0.361 e. The molecule has 0 fully saturated rings. The zero-order chi connectivity index (χ0) is 19.5. The molecule has 3 aromatic carbocycles. The van der Waals surface area contributed by atoms with Gasteiger partial charge in [0, 0.05) is 34.6 Å². The molecule has 4 rings (SSSR count). The monoisotopic (exact) mass is 392 g/mol. The lowest BCUT2D eigenvalue weighted by Crippen LogP contribution is -2.29. The van der Waals surface area contributed by atoms with Crippen LogP contribution < -0.4 is 5.32 Å². The zero-order valence-corrected chi connectivity index (χ0v) is 15.7. The van der Waals surface area contributed by atoms with Crippen molar-refractivity contribution in [3.63, 3.8) is 0 Å². The van der Waals surface area contributed by atoms with E-state index in [2.05, 4.69) is 10.3 Å². The van der Waals surface area contributed by atoms with E-state index in [-0.39, 0.29) is 11.5 Å². The Morgan fingerprint density at radius 2 is 1.68 bits per heavy atom. The van der Waals surface area contributed by atoms with Crippen molar-refractivity contribution < 1.29 is 9.18 Å². The second-order valence-corrected chi connectivity index (χ2v) is 6.96. The van der Waals surface area contributed by atoms with Crippen LogP contribution in [0.1, 0.15) is 27.4 Å². The predicted molar refractivity (Wildman–Crippen MR) is 110 cm³/mol. The number of aromatic nitrogens is 1. The fourth-order valence-corrected chi connectivity index (χ4v) is 3.73. The molecule has 1 atom stereocenters.